The molecule has 0 saturated heterocycles. The monoisotopic (exact) mass is 309 g/mol. The molecule has 0 spiro atoms. The molecular formula is C19H19NO3. The van der Waals surface area contributed by atoms with Crippen LogP contribution >= 0.6 is 0 Å². The highest BCUT2D eigenvalue weighted by Gasteiger charge is 2.55. The molecule has 0 saturated carbocycles. The van der Waals surface area contributed by atoms with Gasteiger partial charge in [0.25, 0.3) is 5.56 Å². The summed E-state index contributed by atoms with van der Waals surface area (Å²) in [6, 6.07) is 9.84. The maximum absolute atomic E-state index is 12.5. The highest BCUT2D eigenvalue weighted by atomic mass is 16.5. The van der Waals surface area contributed by atoms with Crippen LogP contribution in [-0.2, 0) is 0 Å². The van der Waals surface area contributed by atoms with E-state index in [9.17, 15) is 9.90 Å². The molecular weight excluding hydrogens is 290 g/mol. The van der Waals surface area contributed by atoms with Gasteiger partial charge in [-0.15, -0.1) is 0 Å². The minimum atomic E-state index is -0.816. The number of aromatic amines is 1. The number of rotatable bonds is 2. The lowest BCUT2D eigenvalue weighted by atomic mass is 9.81. The van der Waals surface area contributed by atoms with E-state index >= 15 is 0 Å². The zero-order valence-electron chi connectivity index (χ0n) is 13.2. The van der Waals surface area contributed by atoms with E-state index in [1.807, 2.05) is 43.3 Å². The van der Waals surface area contributed by atoms with Crippen molar-refractivity contribution in [3.05, 3.63) is 64.1 Å². The number of fused-ring (bicyclic) bond motifs is 3. The first kappa shape index (κ1) is 14.3. The van der Waals surface area contributed by atoms with E-state index in [0.29, 0.717) is 11.3 Å². The normalized spacial score (nSPS) is 28.0. The molecule has 1 aromatic carbocycles. The van der Waals surface area contributed by atoms with Gasteiger partial charge in [-0.25, -0.2) is 0 Å². The van der Waals surface area contributed by atoms with E-state index in [1.165, 1.54) is 0 Å². The minimum absolute atomic E-state index is 0.130. The fourth-order valence-electron chi connectivity index (χ4n) is 4.00. The molecule has 4 heteroatoms. The maximum atomic E-state index is 12.5. The predicted molar refractivity (Wildman–Crippen MR) is 88.6 cm³/mol. The summed E-state index contributed by atoms with van der Waals surface area (Å²) in [5.41, 5.74) is 2.71. The van der Waals surface area contributed by atoms with E-state index in [1.54, 1.807) is 6.20 Å². The van der Waals surface area contributed by atoms with E-state index in [4.69, 9.17) is 4.74 Å². The predicted octanol–water partition coefficient (Wildman–Crippen LogP) is 2.85. The lowest BCUT2D eigenvalue weighted by molar-refractivity contribution is 0.0500. The Kier molecular flexibility index (Phi) is 3.00. The van der Waals surface area contributed by atoms with Crippen LogP contribution in [0.2, 0.25) is 0 Å². The molecule has 2 N–H and O–H groups in total. The van der Waals surface area contributed by atoms with E-state index in [0.717, 1.165) is 16.7 Å². The first-order valence-corrected chi connectivity index (χ1v) is 7.87. The minimum Gasteiger partial charge on any atom is -0.479 e. The SMILES string of the molecule is CC1=CC2(CO)Oc3c(-c4ccccc4)c[nH]c(=O)c3C2C1C. The van der Waals surface area contributed by atoms with Crippen molar-refractivity contribution in [1.29, 1.82) is 0 Å². The number of aliphatic hydroxyl groups is 1. The van der Waals surface area contributed by atoms with Crippen LogP contribution in [0.4, 0.5) is 0 Å². The molecule has 118 valence electrons. The molecule has 4 nitrogen and oxygen atoms in total. The summed E-state index contributed by atoms with van der Waals surface area (Å²) in [7, 11) is 0. The van der Waals surface area contributed by atoms with Crippen molar-refractivity contribution in [2.24, 2.45) is 5.92 Å². The molecule has 0 bridgehead atoms. The third-order valence-corrected chi connectivity index (χ3v) is 5.23. The van der Waals surface area contributed by atoms with Crippen LogP contribution < -0.4 is 10.3 Å². The Labute approximate surface area is 134 Å². The van der Waals surface area contributed by atoms with Gasteiger partial charge in [0.2, 0.25) is 0 Å². The third kappa shape index (κ3) is 1.85. The molecule has 23 heavy (non-hydrogen) atoms. The zero-order valence-corrected chi connectivity index (χ0v) is 13.2. The number of H-pyrrole nitrogens is 1. The van der Waals surface area contributed by atoms with Gasteiger partial charge in [0.05, 0.1) is 12.2 Å². The van der Waals surface area contributed by atoms with Crippen LogP contribution in [0.1, 0.15) is 25.3 Å². The molecule has 0 radical (unpaired) electrons. The van der Waals surface area contributed by atoms with Gasteiger partial charge >= 0.3 is 0 Å². The van der Waals surface area contributed by atoms with Crippen LogP contribution in [0.3, 0.4) is 0 Å². The summed E-state index contributed by atoms with van der Waals surface area (Å²) in [6.45, 7) is 3.97. The second-order valence-electron chi connectivity index (χ2n) is 6.51. The Morgan fingerprint density at radius 2 is 2.04 bits per heavy atom. The summed E-state index contributed by atoms with van der Waals surface area (Å²) in [4.78, 5) is 15.4. The topological polar surface area (TPSA) is 62.3 Å². The standard InChI is InChI=1S/C19H19NO3/c1-11-8-19(10-21)16(12(11)2)15-17(23-19)14(9-20-18(15)22)13-6-4-3-5-7-13/h3-9,12,16,21H,10H2,1-2H3,(H,20,22). The first-order valence-electron chi connectivity index (χ1n) is 7.87. The van der Waals surface area contributed by atoms with Gasteiger partial charge in [0.1, 0.15) is 5.75 Å². The Morgan fingerprint density at radius 3 is 2.74 bits per heavy atom. The Morgan fingerprint density at radius 1 is 1.30 bits per heavy atom. The zero-order chi connectivity index (χ0) is 16.2. The van der Waals surface area contributed by atoms with Crippen LogP contribution in [0, 0.1) is 5.92 Å². The fraction of sp³-hybridized carbons (Fsp3) is 0.316. The van der Waals surface area contributed by atoms with Crippen molar-refractivity contribution in [3.8, 4) is 16.9 Å². The lowest BCUT2D eigenvalue weighted by Crippen LogP contribution is -2.39. The number of hydrogen-bond donors (Lipinski definition) is 2. The molecule has 1 aromatic heterocycles. The van der Waals surface area contributed by atoms with Crippen LogP contribution in [-0.4, -0.2) is 22.3 Å². The van der Waals surface area contributed by atoms with Gasteiger partial charge in [-0.2, -0.15) is 0 Å². The Hall–Kier alpha value is -2.33. The highest BCUT2D eigenvalue weighted by molar-refractivity contribution is 5.73. The molecule has 0 amide bonds. The molecule has 4 rings (SSSR count). The van der Waals surface area contributed by atoms with E-state index < -0.39 is 5.60 Å². The number of ether oxygens (including phenoxy) is 1. The van der Waals surface area contributed by atoms with Gasteiger partial charge in [-0.1, -0.05) is 42.8 Å². The van der Waals surface area contributed by atoms with Crippen molar-refractivity contribution in [2.45, 2.75) is 25.4 Å². The maximum Gasteiger partial charge on any atom is 0.255 e. The molecule has 2 heterocycles. The van der Waals surface area contributed by atoms with Gasteiger partial charge in [-0.05, 0) is 24.5 Å². The van der Waals surface area contributed by atoms with Crippen LogP contribution in [0.25, 0.3) is 11.1 Å². The van der Waals surface area contributed by atoms with Gasteiger partial charge in [-0.3, -0.25) is 4.79 Å². The second-order valence-corrected chi connectivity index (χ2v) is 6.51. The van der Waals surface area contributed by atoms with Gasteiger partial charge < -0.3 is 14.8 Å². The van der Waals surface area contributed by atoms with Gasteiger partial charge in [0.15, 0.2) is 5.60 Å². The summed E-state index contributed by atoms with van der Waals surface area (Å²) in [5.74, 6) is 0.625. The van der Waals surface area contributed by atoms with Crippen molar-refractivity contribution in [2.75, 3.05) is 6.61 Å². The quantitative estimate of drug-likeness (QED) is 0.839. The average Bonchev–Trinajstić information content (AvgIpc) is 3.02. The van der Waals surface area contributed by atoms with Crippen molar-refractivity contribution in [3.63, 3.8) is 0 Å². The molecule has 3 atom stereocenters. The van der Waals surface area contributed by atoms with Crippen LogP contribution in [0.5, 0.6) is 5.75 Å². The smallest absolute Gasteiger partial charge is 0.255 e. The van der Waals surface area contributed by atoms with Crippen molar-refractivity contribution in [1.82, 2.24) is 4.98 Å². The molecule has 0 fully saturated rings. The fourth-order valence-corrected chi connectivity index (χ4v) is 4.00. The number of nitrogens with one attached hydrogen (secondary N) is 1. The molecule has 2 aliphatic rings. The number of aliphatic hydroxyl groups excluding tert-OH is 1. The number of hydrogen-bond acceptors (Lipinski definition) is 3. The van der Waals surface area contributed by atoms with Gasteiger partial charge in [0, 0.05) is 17.7 Å². The van der Waals surface area contributed by atoms with Crippen LogP contribution in [0.15, 0.2) is 53.0 Å². The highest BCUT2D eigenvalue weighted by Crippen LogP contribution is 2.56. The molecule has 2 aromatic rings. The summed E-state index contributed by atoms with van der Waals surface area (Å²) >= 11 is 0. The first-order chi connectivity index (χ1) is 11.1. The van der Waals surface area contributed by atoms with Crippen molar-refractivity contribution >= 4 is 0 Å². The third-order valence-electron chi connectivity index (χ3n) is 5.23. The number of aromatic nitrogens is 1. The summed E-state index contributed by atoms with van der Waals surface area (Å²) < 4.78 is 6.23. The Balaban J connectivity index is 1.96. The average molecular weight is 309 g/mol. The van der Waals surface area contributed by atoms with E-state index in [2.05, 4.69) is 11.9 Å². The lowest BCUT2D eigenvalue weighted by Gasteiger charge is -2.26. The van der Waals surface area contributed by atoms with E-state index in [-0.39, 0.29) is 24.0 Å². The van der Waals surface area contributed by atoms with Crippen molar-refractivity contribution < 1.29 is 9.84 Å². The Bertz CT molecular complexity index is 853. The summed E-state index contributed by atoms with van der Waals surface area (Å²) in [6.07, 6.45) is 3.68. The molecule has 1 aliphatic carbocycles. The number of benzene rings is 1. The second kappa shape index (κ2) is 4.83. The molecule has 1 aliphatic heterocycles. The molecule has 3 unspecified atom stereocenters. The number of allylic oxidation sites excluding steroid dienone is 1. The summed E-state index contributed by atoms with van der Waals surface area (Å²) in [5, 5.41) is 10.0. The number of pyridine rings is 1. The largest absolute Gasteiger partial charge is 0.479 e.